The molecule has 0 aliphatic heterocycles. The van der Waals surface area contributed by atoms with Crippen LogP contribution in [0.25, 0.3) is 11.3 Å². The van der Waals surface area contributed by atoms with Crippen LogP contribution in [0.3, 0.4) is 0 Å². The Bertz CT molecular complexity index is 566. The van der Waals surface area contributed by atoms with Gasteiger partial charge in [-0.25, -0.2) is 0 Å². The van der Waals surface area contributed by atoms with Gasteiger partial charge in [0.1, 0.15) is 17.9 Å². The van der Waals surface area contributed by atoms with Crippen molar-refractivity contribution in [2.75, 3.05) is 0 Å². The summed E-state index contributed by atoms with van der Waals surface area (Å²) in [7, 11) is 0. The number of benzene rings is 1. The molecule has 2 aromatic rings. The monoisotopic (exact) mass is 286 g/mol. The average molecular weight is 286 g/mol. The minimum atomic E-state index is -0.877. The minimum Gasteiger partial charge on any atom is -0.481 e. The number of carboxylic acids is 1. The number of unbranched alkanes of at least 4 members (excludes halogenated alkanes) is 3. The van der Waals surface area contributed by atoms with Crippen LogP contribution in [0.5, 0.6) is 0 Å². The van der Waals surface area contributed by atoms with E-state index in [9.17, 15) is 4.79 Å². The lowest BCUT2D eigenvalue weighted by Crippen LogP contribution is -1.97. The minimum absolute atomic E-state index is 0.0739. The third kappa shape index (κ3) is 4.78. The molecule has 1 aromatic carbocycles. The largest absolute Gasteiger partial charge is 0.481 e. The fraction of sp³-hybridized carbons (Fsp3) is 0.389. The molecule has 2 rings (SSSR count). The van der Waals surface area contributed by atoms with Crippen LogP contribution in [0.2, 0.25) is 0 Å². The summed E-state index contributed by atoms with van der Waals surface area (Å²) in [5, 5.41) is 8.74. The third-order valence-corrected chi connectivity index (χ3v) is 3.54. The van der Waals surface area contributed by atoms with Crippen LogP contribution < -0.4 is 0 Å². The molecule has 0 fully saturated rings. The molecule has 0 atom stereocenters. The fourth-order valence-corrected chi connectivity index (χ4v) is 2.37. The van der Waals surface area contributed by atoms with Gasteiger partial charge in [0.15, 0.2) is 0 Å². The molecule has 0 amide bonds. The van der Waals surface area contributed by atoms with E-state index in [-0.39, 0.29) is 6.42 Å². The predicted octanol–water partition coefficient (Wildman–Crippen LogP) is 4.70. The number of hydrogen-bond donors (Lipinski definition) is 1. The number of aliphatic carboxylic acids is 1. The zero-order valence-corrected chi connectivity index (χ0v) is 12.5. The molecule has 0 aliphatic rings. The Morgan fingerprint density at radius 1 is 1.05 bits per heavy atom. The van der Waals surface area contributed by atoms with Crippen molar-refractivity contribution in [1.29, 1.82) is 0 Å². The van der Waals surface area contributed by atoms with Crippen LogP contribution in [0, 0.1) is 0 Å². The second-order valence-corrected chi connectivity index (χ2v) is 5.34. The molecule has 3 nitrogen and oxygen atoms in total. The lowest BCUT2D eigenvalue weighted by Gasteiger charge is -2.03. The molecule has 0 bridgehead atoms. The van der Waals surface area contributed by atoms with Gasteiger partial charge < -0.3 is 9.52 Å². The summed E-state index contributed by atoms with van der Waals surface area (Å²) in [6.45, 7) is 2.22. The third-order valence-electron chi connectivity index (χ3n) is 3.54. The Labute approximate surface area is 125 Å². The molecule has 21 heavy (non-hydrogen) atoms. The van der Waals surface area contributed by atoms with Crippen LogP contribution in [0.1, 0.15) is 43.9 Å². The zero-order valence-electron chi connectivity index (χ0n) is 12.5. The SMILES string of the molecule is CCCCCCc1ccc(-c2ccc(CC(=O)O)o2)cc1. The van der Waals surface area contributed by atoms with Gasteiger partial charge in [0.2, 0.25) is 0 Å². The molecule has 0 spiro atoms. The quantitative estimate of drug-likeness (QED) is 0.716. The Morgan fingerprint density at radius 2 is 1.81 bits per heavy atom. The van der Waals surface area contributed by atoms with Gasteiger partial charge in [-0.1, -0.05) is 50.5 Å². The van der Waals surface area contributed by atoms with Crippen LogP contribution in [0.15, 0.2) is 40.8 Å². The summed E-state index contributed by atoms with van der Waals surface area (Å²) >= 11 is 0. The standard InChI is InChI=1S/C18H22O3/c1-2-3-4-5-6-14-7-9-15(10-8-14)17-12-11-16(21-17)13-18(19)20/h7-12H,2-6,13H2,1H3,(H,19,20). The molecule has 1 heterocycles. The summed E-state index contributed by atoms with van der Waals surface area (Å²) in [6.07, 6.45) is 6.12. The maximum Gasteiger partial charge on any atom is 0.311 e. The number of furan rings is 1. The van der Waals surface area contributed by atoms with Crippen LogP contribution in [-0.4, -0.2) is 11.1 Å². The van der Waals surface area contributed by atoms with E-state index in [4.69, 9.17) is 9.52 Å². The van der Waals surface area contributed by atoms with E-state index in [1.54, 1.807) is 6.07 Å². The fourth-order valence-electron chi connectivity index (χ4n) is 2.37. The molecule has 0 radical (unpaired) electrons. The van der Waals surface area contributed by atoms with Gasteiger partial charge in [0.05, 0.1) is 0 Å². The van der Waals surface area contributed by atoms with Crippen molar-refractivity contribution in [2.45, 2.75) is 45.4 Å². The highest BCUT2D eigenvalue weighted by atomic mass is 16.4. The second kappa shape index (κ2) is 7.67. The van der Waals surface area contributed by atoms with Crippen molar-refractivity contribution in [3.8, 4) is 11.3 Å². The summed E-state index contributed by atoms with van der Waals surface area (Å²) < 4.78 is 5.55. The first-order chi connectivity index (χ1) is 10.2. The molecular weight excluding hydrogens is 264 g/mol. The van der Waals surface area contributed by atoms with E-state index in [0.29, 0.717) is 5.76 Å². The Kier molecular flexibility index (Phi) is 5.61. The summed E-state index contributed by atoms with van der Waals surface area (Å²) in [4.78, 5) is 10.6. The zero-order chi connectivity index (χ0) is 15.1. The molecule has 1 N–H and O–H groups in total. The second-order valence-electron chi connectivity index (χ2n) is 5.34. The first kappa shape index (κ1) is 15.4. The number of carbonyl (C=O) groups is 1. The number of aryl methyl sites for hydroxylation is 1. The number of hydrogen-bond acceptors (Lipinski definition) is 2. The van der Waals surface area contributed by atoms with Crippen molar-refractivity contribution in [3.05, 3.63) is 47.7 Å². The van der Waals surface area contributed by atoms with E-state index in [1.807, 2.05) is 18.2 Å². The summed E-state index contributed by atoms with van der Waals surface area (Å²) in [5.41, 5.74) is 2.33. The molecule has 0 aliphatic carbocycles. The lowest BCUT2D eigenvalue weighted by atomic mass is 10.0. The Hall–Kier alpha value is -2.03. The van der Waals surface area contributed by atoms with Crippen LogP contribution in [0.4, 0.5) is 0 Å². The van der Waals surface area contributed by atoms with Crippen molar-refractivity contribution in [2.24, 2.45) is 0 Å². The molecule has 1 aromatic heterocycles. The number of rotatable bonds is 8. The van der Waals surface area contributed by atoms with Crippen LogP contribution in [-0.2, 0) is 17.6 Å². The van der Waals surface area contributed by atoms with Gasteiger partial charge in [0.25, 0.3) is 0 Å². The average Bonchev–Trinajstić information content (AvgIpc) is 2.92. The Balaban J connectivity index is 1.95. The number of carboxylic acid groups (broad SMARTS) is 1. The molecule has 0 unspecified atom stereocenters. The molecule has 112 valence electrons. The van der Waals surface area contributed by atoms with Gasteiger partial charge in [-0.05, 0) is 30.5 Å². The van der Waals surface area contributed by atoms with E-state index < -0.39 is 5.97 Å². The smallest absolute Gasteiger partial charge is 0.311 e. The van der Waals surface area contributed by atoms with Gasteiger partial charge in [-0.15, -0.1) is 0 Å². The van der Waals surface area contributed by atoms with E-state index in [0.717, 1.165) is 17.7 Å². The molecule has 3 heteroatoms. The maximum absolute atomic E-state index is 10.6. The predicted molar refractivity (Wildman–Crippen MR) is 83.3 cm³/mol. The topological polar surface area (TPSA) is 50.4 Å². The first-order valence-corrected chi connectivity index (χ1v) is 7.59. The van der Waals surface area contributed by atoms with E-state index in [2.05, 4.69) is 19.1 Å². The maximum atomic E-state index is 10.6. The van der Waals surface area contributed by atoms with Gasteiger partial charge in [-0.3, -0.25) is 4.79 Å². The lowest BCUT2D eigenvalue weighted by molar-refractivity contribution is -0.136. The highest BCUT2D eigenvalue weighted by Crippen LogP contribution is 2.23. The van der Waals surface area contributed by atoms with Crippen molar-refractivity contribution in [1.82, 2.24) is 0 Å². The van der Waals surface area contributed by atoms with Gasteiger partial charge >= 0.3 is 5.97 Å². The Morgan fingerprint density at radius 3 is 2.48 bits per heavy atom. The first-order valence-electron chi connectivity index (χ1n) is 7.59. The summed E-state index contributed by atoms with van der Waals surface area (Å²) in [5.74, 6) is 0.336. The van der Waals surface area contributed by atoms with Crippen molar-refractivity contribution in [3.63, 3.8) is 0 Å². The molecule has 0 saturated heterocycles. The van der Waals surface area contributed by atoms with E-state index >= 15 is 0 Å². The van der Waals surface area contributed by atoms with Crippen molar-refractivity contribution >= 4 is 5.97 Å². The van der Waals surface area contributed by atoms with Crippen molar-refractivity contribution < 1.29 is 14.3 Å². The van der Waals surface area contributed by atoms with Gasteiger partial charge in [-0.2, -0.15) is 0 Å². The van der Waals surface area contributed by atoms with E-state index in [1.165, 1.54) is 31.2 Å². The highest BCUT2D eigenvalue weighted by molar-refractivity contribution is 5.69. The highest BCUT2D eigenvalue weighted by Gasteiger charge is 2.08. The van der Waals surface area contributed by atoms with Gasteiger partial charge in [0, 0.05) is 5.56 Å². The van der Waals surface area contributed by atoms with Crippen LogP contribution >= 0.6 is 0 Å². The molecule has 0 saturated carbocycles. The molecular formula is C18H22O3. The summed E-state index contributed by atoms with van der Waals surface area (Å²) in [6, 6.07) is 11.9. The normalized spacial score (nSPS) is 10.7.